The van der Waals surface area contributed by atoms with Crippen molar-refractivity contribution in [1.29, 1.82) is 0 Å². The average molecular weight is 505 g/mol. The molecule has 0 aliphatic carbocycles. The molecule has 0 bridgehead atoms. The second-order valence-electron chi connectivity index (χ2n) is 6.08. The molecule has 0 aliphatic heterocycles. The molecule has 2 N–H and O–H groups in total. The van der Waals surface area contributed by atoms with Gasteiger partial charge in [-0.05, 0) is 30.5 Å². The number of sulfone groups is 1. The number of nitrogens with one attached hydrogen (secondary N) is 2. The van der Waals surface area contributed by atoms with E-state index in [0.29, 0.717) is 32.0 Å². The van der Waals surface area contributed by atoms with Crippen LogP contribution in [0, 0.1) is 0 Å². The number of guanidine groups is 1. The molecule has 2 aromatic rings. The Morgan fingerprint density at radius 1 is 1.19 bits per heavy atom. The topological polar surface area (TPSA) is 88.4 Å². The number of halogens is 1. The van der Waals surface area contributed by atoms with Gasteiger partial charge in [0.2, 0.25) is 0 Å². The van der Waals surface area contributed by atoms with Crippen molar-refractivity contribution < 1.29 is 8.42 Å². The predicted octanol–water partition coefficient (Wildman–Crippen LogP) is 2.04. The molecule has 0 amide bonds. The summed E-state index contributed by atoms with van der Waals surface area (Å²) in [5.41, 5.74) is 2.31. The van der Waals surface area contributed by atoms with Gasteiger partial charge in [-0.1, -0.05) is 24.3 Å². The molecule has 0 spiro atoms. The molecule has 0 atom stereocenters. The van der Waals surface area contributed by atoms with Crippen LogP contribution in [0.4, 0.5) is 0 Å². The van der Waals surface area contributed by atoms with Crippen LogP contribution in [0.5, 0.6) is 0 Å². The molecule has 1 aromatic heterocycles. The van der Waals surface area contributed by atoms with Gasteiger partial charge in [-0.2, -0.15) is 5.10 Å². The van der Waals surface area contributed by atoms with Gasteiger partial charge in [-0.25, -0.2) is 13.4 Å². The van der Waals surface area contributed by atoms with Crippen molar-refractivity contribution in [2.24, 2.45) is 4.99 Å². The predicted molar refractivity (Wildman–Crippen MR) is 120 cm³/mol. The fraction of sp³-hybridized carbons (Fsp3) is 0.444. The summed E-state index contributed by atoms with van der Waals surface area (Å²) in [6.45, 7) is 4.55. The van der Waals surface area contributed by atoms with Crippen LogP contribution < -0.4 is 10.6 Å². The summed E-state index contributed by atoms with van der Waals surface area (Å²) >= 11 is 0. The van der Waals surface area contributed by atoms with Crippen molar-refractivity contribution in [3.63, 3.8) is 0 Å². The van der Waals surface area contributed by atoms with Crippen molar-refractivity contribution >= 4 is 39.8 Å². The quantitative estimate of drug-likeness (QED) is 0.236. The largest absolute Gasteiger partial charge is 0.357 e. The minimum atomic E-state index is -2.93. The van der Waals surface area contributed by atoms with Crippen LogP contribution in [0.1, 0.15) is 24.5 Å². The maximum atomic E-state index is 11.2. The maximum Gasteiger partial charge on any atom is 0.191 e. The Morgan fingerprint density at radius 3 is 2.56 bits per heavy atom. The van der Waals surface area contributed by atoms with E-state index in [-0.39, 0.29) is 29.7 Å². The van der Waals surface area contributed by atoms with Crippen molar-refractivity contribution in [1.82, 2.24) is 20.4 Å². The summed E-state index contributed by atoms with van der Waals surface area (Å²) in [5.74, 6) is 0.862. The number of aliphatic imine (C=N–C) groups is 1. The lowest BCUT2D eigenvalue weighted by atomic mass is 10.1. The Bertz CT molecular complexity index is 807. The molecule has 2 rings (SSSR count). The Balaban J connectivity index is 0.00000364. The normalized spacial score (nSPS) is 11.7. The zero-order valence-electron chi connectivity index (χ0n) is 15.8. The second-order valence-corrected chi connectivity index (χ2v) is 8.34. The fourth-order valence-corrected chi connectivity index (χ4v) is 3.15. The van der Waals surface area contributed by atoms with Gasteiger partial charge in [0.05, 0.1) is 18.8 Å². The van der Waals surface area contributed by atoms with Crippen molar-refractivity contribution in [2.45, 2.75) is 26.4 Å². The van der Waals surface area contributed by atoms with E-state index in [0.717, 1.165) is 12.1 Å². The molecule has 0 aliphatic rings. The van der Waals surface area contributed by atoms with E-state index >= 15 is 0 Å². The highest BCUT2D eigenvalue weighted by Crippen LogP contribution is 2.11. The maximum absolute atomic E-state index is 11.2. The zero-order valence-corrected chi connectivity index (χ0v) is 18.9. The Morgan fingerprint density at radius 2 is 1.93 bits per heavy atom. The highest BCUT2D eigenvalue weighted by Gasteiger charge is 2.05. The van der Waals surface area contributed by atoms with Gasteiger partial charge in [0, 0.05) is 31.7 Å². The number of hydrogen-bond donors (Lipinski definition) is 2. The monoisotopic (exact) mass is 505 g/mol. The van der Waals surface area contributed by atoms with Crippen molar-refractivity contribution in [3.05, 3.63) is 53.9 Å². The molecule has 0 unspecified atom stereocenters. The summed E-state index contributed by atoms with van der Waals surface area (Å²) in [5, 5.41) is 10.6. The van der Waals surface area contributed by atoms with Crippen LogP contribution in [0.2, 0.25) is 0 Å². The molecular weight excluding hydrogens is 477 g/mol. The molecule has 9 heteroatoms. The minimum Gasteiger partial charge on any atom is -0.357 e. The number of rotatable bonds is 9. The lowest BCUT2D eigenvalue weighted by Gasteiger charge is -2.12. The zero-order chi connectivity index (χ0) is 18.8. The SMILES string of the molecule is CCNC(=NCc1ccccc1Cn1cccn1)NCCCS(C)(=O)=O.I. The van der Waals surface area contributed by atoms with E-state index in [2.05, 4.69) is 32.9 Å². The molecule has 1 heterocycles. The fourth-order valence-electron chi connectivity index (χ4n) is 2.48. The number of nitrogens with zero attached hydrogens (tertiary/aromatic N) is 3. The van der Waals surface area contributed by atoms with Gasteiger partial charge in [0.1, 0.15) is 9.84 Å². The van der Waals surface area contributed by atoms with Crippen LogP contribution in [0.25, 0.3) is 0 Å². The average Bonchev–Trinajstić information content (AvgIpc) is 3.10. The van der Waals surface area contributed by atoms with Gasteiger partial charge in [-0.15, -0.1) is 24.0 Å². The lowest BCUT2D eigenvalue weighted by Crippen LogP contribution is -2.38. The van der Waals surface area contributed by atoms with E-state index in [1.807, 2.05) is 36.0 Å². The second kappa shape index (κ2) is 12.0. The Hall–Kier alpha value is -1.62. The van der Waals surface area contributed by atoms with Gasteiger partial charge in [0.15, 0.2) is 5.96 Å². The van der Waals surface area contributed by atoms with Gasteiger partial charge >= 0.3 is 0 Å². The van der Waals surface area contributed by atoms with E-state index < -0.39 is 9.84 Å². The van der Waals surface area contributed by atoms with E-state index in [1.54, 1.807) is 6.20 Å². The standard InChI is InChI=1S/C18H27N5O2S.HI/c1-3-19-18(20-10-7-13-26(2,24)25)21-14-16-8-4-5-9-17(16)15-23-12-6-11-22-23;/h4-6,8-9,11-12H,3,7,10,13-15H2,1-2H3,(H2,19,20,21);1H. The molecule has 0 fully saturated rings. The molecule has 7 nitrogen and oxygen atoms in total. The van der Waals surface area contributed by atoms with Crippen LogP contribution in [-0.4, -0.2) is 49.3 Å². The van der Waals surface area contributed by atoms with Crippen molar-refractivity contribution in [2.75, 3.05) is 25.1 Å². The third kappa shape index (κ3) is 9.23. The van der Waals surface area contributed by atoms with Crippen molar-refractivity contribution in [3.8, 4) is 0 Å². The third-order valence-corrected chi connectivity index (χ3v) is 4.78. The summed E-state index contributed by atoms with van der Waals surface area (Å²) in [6, 6.07) is 10.1. The Kier molecular flexibility index (Phi) is 10.4. The van der Waals surface area contributed by atoms with Crippen LogP contribution in [0.3, 0.4) is 0 Å². The molecule has 27 heavy (non-hydrogen) atoms. The van der Waals surface area contributed by atoms with Gasteiger partial charge in [-0.3, -0.25) is 4.68 Å². The molecule has 0 saturated heterocycles. The van der Waals surface area contributed by atoms with E-state index in [4.69, 9.17) is 0 Å². The number of benzene rings is 1. The highest BCUT2D eigenvalue weighted by molar-refractivity contribution is 14.0. The highest BCUT2D eigenvalue weighted by atomic mass is 127. The minimum absolute atomic E-state index is 0. The smallest absolute Gasteiger partial charge is 0.191 e. The molecule has 1 aromatic carbocycles. The lowest BCUT2D eigenvalue weighted by molar-refractivity contribution is 0.598. The van der Waals surface area contributed by atoms with Crippen LogP contribution >= 0.6 is 24.0 Å². The third-order valence-electron chi connectivity index (χ3n) is 3.75. The summed E-state index contributed by atoms with van der Waals surface area (Å²) in [6.07, 6.45) is 5.51. The van der Waals surface area contributed by atoms with Gasteiger partial charge < -0.3 is 10.6 Å². The van der Waals surface area contributed by atoms with Crippen LogP contribution in [-0.2, 0) is 22.9 Å². The molecular formula is C18H28IN5O2S. The molecule has 0 saturated carbocycles. The first kappa shape index (κ1) is 23.4. The molecule has 0 radical (unpaired) electrons. The first-order chi connectivity index (χ1) is 12.5. The first-order valence-corrected chi connectivity index (χ1v) is 10.8. The van der Waals surface area contributed by atoms with Gasteiger partial charge in [0.25, 0.3) is 0 Å². The summed E-state index contributed by atoms with van der Waals surface area (Å²) in [4.78, 5) is 4.62. The molecule has 150 valence electrons. The first-order valence-electron chi connectivity index (χ1n) is 8.72. The van der Waals surface area contributed by atoms with Crippen LogP contribution in [0.15, 0.2) is 47.7 Å². The number of aromatic nitrogens is 2. The summed E-state index contributed by atoms with van der Waals surface area (Å²) in [7, 11) is -2.93. The summed E-state index contributed by atoms with van der Waals surface area (Å²) < 4.78 is 24.3. The Labute approximate surface area is 178 Å². The van der Waals surface area contributed by atoms with E-state index in [9.17, 15) is 8.42 Å². The van der Waals surface area contributed by atoms with E-state index in [1.165, 1.54) is 11.8 Å². The number of hydrogen-bond acceptors (Lipinski definition) is 4.